The number of likely N-dealkylation sites (tertiary alicyclic amines) is 1. The van der Waals surface area contributed by atoms with Crippen LogP contribution in [0, 0.1) is 6.92 Å². The van der Waals surface area contributed by atoms with Crippen LogP contribution in [0.15, 0.2) is 35.7 Å². The number of aliphatic hydroxyl groups excluding tert-OH is 1. The molecule has 0 amide bonds. The fraction of sp³-hybridized carbons (Fsp3) is 0.526. The van der Waals surface area contributed by atoms with E-state index in [1.807, 2.05) is 44.3 Å². The van der Waals surface area contributed by atoms with E-state index in [4.69, 9.17) is 0 Å². The summed E-state index contributed by atoms with van der Waals surface area (Å²) in [4.78, 5) is 8.78. The predicted molar refractivity (Wildman–Crippen MR) is 99.5 cm³/mol. The Labute approximate surface area is 152 Å². The van der Waals surface area contributed by atoms with Gasteiger partial charge in [-0.05, 0) is 26.0 Å². The Balaban J connectivity index is 1.56. The molecule has 2 aromatic rings. The van der Waals surface area contributed by atoms with Gasteiger partial charge in [-0.15, -0.1) is 11.3 Å². The van der Waals surface area contributed by atoms with Crippen LogP contribution in [0.1, 0.15) is 28.8 Å². The van der Waals surface area contributed by atoms with Gasteiger partial charge in [0.25, 0.3) is 0 Å². The number of nitrogens with zero attached hydrogens (tertiary/aromatic N) is 3. The molecule has 0 aliphatic carbocycles. The molecule has 2 heterocycles. The van der Waals surface area contributed by atoms with Crippen molar-refractivity contribution in [2.45, 2.75) is 38.2 Å². The van der Waals surface area contributed by atoms with Gasteiger partial charge in [-0.2, -0.15) is 0 Å². The highest BCUT2D eigenvalue weighted by molar-refractivity contribution is 7.09. The second-order valence-corrected chi connectivity index (χ2v) is 7.98. The van der Waals surface area contributed by atoms with Gasteiger partial charge in [-0.25, -0.2) is 9.37 Å². The fourth-order valence-electron chi connectivity index (χ4n) is 3.51. The Morgan fingerprint density at radius 2 is 2.16 bits per heavy atom. The van der Waals surface area contributed by atoms with E-state index < -0.39 is 12.3 Å². The molecule has 1 aromatic heterocycles. The van der Waals surface area contributed by atoms with Crippen molar-refractivity contribution in [3.8, 4) is 0 Å². The van der Waals surface area contributed by atoms with Crippen LogP contribution in [0.25, 0.3) is 0 Å². The first kappa shape index (κ1) is 18.5. The highest BCUT2D eigenvalue weighted by Crippen LogP contribution is 2.24. The third-order valence-corrected chi connectivity index (χ3v) is 5.52. The highest BCUT2D eigenvalue weighted by Gasteiger charge is 2.33. The second kappa shape index (κ2) is 8.36. The molecule has 6 heteroatoms. The van der Waals surface area contributed by atoms with E-state index in [2.05, 4.69) is 20.2 Å². The lowest BCUT2D eigenvalue weighted by Crippen LogP contribution is -2.39. The van der Waals surface area contributed by atoms with E-state index in [9.17, 15) is 9.50 Å². The van der Waals surface area contributed by atoms with Gasteiger partial charge in [0.15, 0.2) is 0 Å². The summed E-state index contributed by atoms with van der Waals surface area (Å²) < 4.78 is 14.0. The summed E-state index contributed by atoms with van der Waals surface area (Å²) in [5.41, 5.74) is 1.94. The van der Waals surface area contributed by atoms with Crippen molar-refractivity contribution < 1.29 is 9.50 Å². The van der Waals surface area contributed by atoms with Gasteiger partial charge in [0.1, 0.15) is 6.17 Å². The third-order valence-electron chi connectivity index (χ3n) is 4.70. The molecule has 0 saturated carbocycles. The van der Waals surface area contributed by atoms with Crippen molar-refractivity contribution in [2.75, 3.05) is 26.7 Å². The molecule has 4 nitrogen and oxygen atoms in total. The number of hydrogen-bond acceptors (Lipinski definition) is 5. The van der Waals surface area contributed by atoms with Crippen LogP contribution in [0.4, 0.5) is 4.39 Å². The van der Waals surface area contributed by atoms with Crippen LogP contribution >= 0.6 is 11.3 Å². The summed E-state index contributed by atoms with van der Waals surface area (Å²) >= 11 is 1.63. The lowest BCUT2D eigenvalue weighted by molar-refractivity contribution is 0.107. The number of alkyl halides is 1. The number of likely N-dealkylation sites (N-methyl/N-ethyl adjacent to an activating group) is 1. The van der Waals surface area contributed by atoms with Crippen LogP contribution in [-0.2, 0) is 6.54 Å². The van der Waals surface area contributed by atoms with E-state index >= 15 is 0 Å². The zero-order valence-corrected chi connectivity index (χ0v) is 15.6. The third kappa shape index (κ3) is 5.07. The second-order valence-electron chi connectivity index (χ2n) is 6.92. The molecule has 0 bridgehead atoms. The van der Waals surface area contributed by atoms with Crippen LogP contribution in [-0.4, -0.2) is 58.8 Å². The summed E-state index contributed by atoms with van der Waals surface area (Å²) in [7, 11) is 1.99. The Hall–Kier alpha value is -1.34. The normalized spacial score (nSPS) is 22.6. The number of halogens is 1. The molecule has 1 fully saturated rings. The van der Waals surface area contributed by atoms with E-state index in [1.165, 1.54) is 0 Å². The molecule has 1 aromatic carbocycles. The molecule has 1 saturated heterocycles. The molecule has 25 heavy (non-hydrogen) atoms. The summed E-state index contributed by atoms with van der Waals surface area (Å²) in [6.07, 6.45) is -0.755. The Morgan fingerprint density at radius 3 is 2.84 bits per heavy atom. The van der Waals surface area contributed by atoms with E-state index in [0.29, 0.717) is 26.1 Å². The SMILES string of the molecule is Cc1nc(CN2C[C@@H](F)C[C@H]2CN(C)C[C@@H](O)c2ccccc2)cs1. The first-order valence-electron chi connectivity index (χ1n) is 8.72. The van der Waals surface area contributed by atoms with E-state index in [-0.39, 0.29) is 6.04 Å². The minimum atomic E-state index is -0.780. The number of aliphatic hydroxyl groups is 1. The van der Waals surface area contributed by atoms with Crippen molar-refractivity contribution >= 4 is 11.3 Å². The molecule has 1 N–H and O–H groups in total. The predicted octanol–water partition coefficient (Wildman–Crippen LogP) is 3.03. The summed E-state index contributed by atoms with van der Waals surface area (Å²) in [5, 5.41) is 13.5. The zero-order valence-electron chi connectivity index (χ0n) is 14.8. The monoisotopic (exact) mass is 363 g/mol. The van der Waals surface area contributed by atoms with Crippen LogP contribution in [0.3, 0.4) is 0 Å². The van der Waals surface area contributed by atoms with Gasteiger partial charge in [-0.1, -0.05) is 30.3 Å². The first-order valence-corrected chi connectivity index (χ1v) is 9.60. The average molecular weight is 364 g/mol. The van der Waals surface area contributed by atoms with Gasteiger partial charge >= 0.3 is 0 Å². The molecule has 0 spiro atoms. The topological polar surface area (TPSA) is 39.6 Å². The van der Waals surface area contributed by atoms with Gasteiger partial charge in [0.2, 0.25) is 0 Å². The molecule has 3 rings (SSSR count). The molecule has 136 valence electrons. The fourth-order valence-corrected chi connectivity index (χ4v) is 4.11. The zero-order chi connectivity index (χ0) is 17.8. The van der Waals surface area contributed by atoms with Crippen molar-refractivity contribution in [1.29, 1.82) is 0 Å². The maximum Gasteiger partial charge on any atom is 0.114 e. The highest BCUT2D eigenvalue weighted by atomic mass is 32.1. The molecule has 3 atom stereocenters. The van der Waals surface area contributed by atoms with Gasteiger partial charge in [-0.3, -0.25) is 4.90 Å². The Kier molecular flexibility index (Phi) is 6.17. The van der Waals surface area contributed by atoms with Crippen molar-refractivity contribution in [3.05, 3.63) is 52.0 Å². The molecule has 1 aliphatic heterocycles. The van der Waals surface area contributed by atoms with E-state index in [0.717, 1.165) is 22.8 Å². The molecular formula is C19H26FN3OS. The summed E-state index contributed by atoms with van der Waals surface area (Å²) in [5.74, 6) is 0. The Bertz CT molecular complexity index is 666. The molecule has 0 unspecified atom stereocenters. The van der Waals surface area contributed by atoms with Crippen molar-refractivity contribution in [1.82, 2.24) is 14.8 Å². The lowest BCUT2D eigenvalue weighted by atomic mass is 10.1. The summed E-state index contributed by atoms with van der Waals surface area (Å²) in [6.45, 7) is 4.45. The Morgan fingerprint density at radius 1 is 1.40 bits per heavy atom. The largest absolute Gasteiger partial charge is 0.387 e. The first-order chi connectivity index (χ1) is 12.0. The van der Waals surface area contributed by atoms with Crippen molar-refractivity contribution in [2.24, 2.45) is 0 Å². The number of rotatable bonds is 7. The number of thiazole rings is 1. The number of benzene rings is 1. The maximum absolute atomic E-state index is 14.0. The van der Waals surface area contributed by atoms with Crippen LogP contribution < -0.4 is 0 Å². The number of aromatic nitrogens is 1. The lowest BCUT2D eigenvalue weighted by Gasteiger charge is -2.29. The molecular weight excluding hydrogens is 337 g/mol. The smallest absolute Gasteiger partial charge is 0.114 e. The van der Waals surface area contributed by atoms with Crippen molar-refractivity contribution in [3.63, 3.8) is 0 Å². The molecule has 0 radical (unpaired) electrons. The quantitative estimate of drug-likeness (QED) is 0.821. The van der Waals surface area contributed by atoms with Gasteiger partial charge in [0.05, 0.1) is 16.8 Å². The van der Waals surface area contributed by atoms with Gasteiger partial charge < -0.3 is 10.0 Å². The maximum atomic E-state index is 14.0. The van der Waals surface area contributed by atoms with Crippen LogP contribution in [0.2, 0.25) is 0 Å². The number of aryl methyl sites for hydroxylation is 1. The van der Waals surface area contributed by atoms with Gasteiger partial charge in [0, 0.05) is 37.6 Å². The molecule has 1 aliphatic rings. The minimum absolute atomic E-state index is 0.157. The standard InChI is InChI=1S/C19H26FN3OS/c1-14-21-17(13-25-14)10-23-9-16(20)8-18(23)11-22(2)12-19(24)15-6-4-3-5-7-15/h3-7,13,16,18-19,24H,8-12H2,1-2H3/t16-,18-,19+/m0/s1. The van der Waals surface area contributed by atoms with Crippen LogP contribution in [0.5, 0.6) is 0 Å². The number of hydrogen-bond donors (Lipinski definition) is 1. The minimum Gasteiger partial charge on any atom is -0.387 e. The summed E-state index contributed by atoms with van der Waals surface area (Å²) in [6, 6.07) is 9.83. The average Bonchev–Trinajstić information content (AvgIpc) is 3.14. The van der Waals surface area contributed by atoms with E-state index in [1.54, 1.807) is 11.3 Å².